The van der Waals surface area contributed by atoms with E-state index in [9.17, 15) is 45.0 Å². The van der Waals surface area contributed by atoms with Gasteiger partial charge in [-0.05, 0) is 81.1 Å². The number of carboxylic acids is 2. The summed E-state index contributed by atoms with van der Waals surface area (Å²) >= 11 is 0. The van der Waals surface area contributed by atoms with Gasteiger partial charge in [-0.15, -0.1) is 0 Å². The molecule has 1 heterocycles. The molecule has 4 aliphatic carbocycles. The molecule has 0 aromatic carbocycles. The first kappa shape index (κ1) is 32.1. The number of carboxylic acid groups (broad SMARTS) is 2. The highest BCUT2D eigenvalue weighted by atomic mass is 16.7. The molecule has 0 unspecified atom stereocenters. The fraction of sp³-hybridized carbons (Fsp3) is 0.774. The number of rotatable bonds is 7. The van der Waals surface area contributed by atoms with Crippen LogP contribution in [0.1, 0.15) is 65.7 Å². The molecule has 5 fully saturated rings. The highest BCUT2D eigenvalue weighted by molar-refractivity contribution is 5.99. The van der Waals surface area contributed by atoms with Crippen molar-refractivity contribution in [3.63, 3.8) is 0 Å². The summed E-state index contributed by atoms with van der Waals surface area (Å²) in [6.45, 7) is 8.48. The average molecular weight is 609 g/mol. The molecule has 5 aliphatic rings. The SMILES string of the molecule is C=C1[C@@H]2CC[C@H]3[C@]4(C)C[C@H](O[C@@H]5O[C@H](CO)[C@H](O)[C@H](O)[C@H]5OC(=O)/C(C)=C\C)CC(C(=O)O)(C(=O)O)[C@H]4CC[C@]3(C2)[C@H]1O. The largest absolute Gasteiger partial charge is 0.480 e. The van der Waals surface area contributed by atoms with Gasteiger partial charge in [0, 0.05) is 17.4 Å². The first-order chi connectivity index (χ1) is 20.2. The van der Waals surface area contributed by atoms with Crippen LogP contribution in [0.2, 0.25) is 0 Å². The molecule has 43 heavy (non-hydrogen) atoms. The lowest BCUT2D eigenvalue weighted by molar-refractivity contribution is -0.323. The second-order valence-corrected chi connectivity index (χ2v) is 13.6. The summed E-state index contributed by atoms with van der Waals surface area (Å²) in [5, 5.41) is 63.7. The predicted molar refractivity (Wildman–Crippen MR) is 148 cm³/mol. The van der Waals surface area contributed by atoms with Gasteiger partial charge in [0.2, 0.25) is 0 Å². The maximum absolute atomic E-state index is 13.0. The van der Waals surface area contributed by atoms with Crippen LogP contribution < -0.4 is 0 Å². The molecule has 12 nitrogen and oxygen atoms in total. The van der Waals surface area contributed by atoms with Crippen molar-refractivity contribution < 1.29 is 59.2 Å². The van der Waals surface area contributed by atoms with Crippen LogP contribution in [-0.2, 0) is 28.6 Å². The second kappa shape index (κ2) is 11.2. The molecular weight excluding hydrogens is 564 g/mol. The maximum atomic E-state index is 13.0. The summed E-state index contributed by atoms with van der Waals surface area (Å²) in [5.74, 6) is -4.55. The fourth-order valence-corrected chi connectivity index (χ4v) is 9.59. The van der Waals surface area contributed by atoms with E-state index in [4.69, 9.17) is 14.2 Å². The molecule has 240 valence electrons. The number of carbonyl (C=O) groups is 3. The number of hydrogen-bond acceptors (Lipinski definition) is 10. The van der Waals surface area contributed by atoms with Gasteiger partial charge < -0.3 is 44.8 Å². The number of aliphatic hydroxyl groups excluding tert-OH is 4. The van der Waals surface area contributed by atoms with E-state index in [2.05, 4.69) is 6.58 Å². The number of hydrogen-bond donors (Lipinski definition) is 6. The molecule has 1 saturated heterocycles. The highest BCUT2D eigenvalue weighted by Crippen LogP contribution is 2.72. The summed E-state index contributed by atoms with van der Waals surface area (Å²) in [6.07, 6.45) is -5.27. The number of aliphatic hydroxyl groups is 4. The summed E-state index contributed by atoms with van der Waals surface area (Å²) in [4.78, 5) is 38.6. The lowest BCUT2D eigenvalue weighted by atomic mass is 9.40. The second-order valence-electron chi connectivity index (χ2n) is 13.6. The van der Waals surface area contributed by atoms with Gasteiger partial charge >= 0.3 is 17.9 Å². The Morgan fingerprint density at radius 1 is 1.02 bits per heavy atom. The van der Waals surface area contributed by atoms with Crippen LogP contribution in [0.15, 0.2) is 23.8 Å². The van der Waals surface area contributed by atoms with Gasteiger partial charge in [0.25, 0.3) is 0 Å². The van der Waals surface area contributed by atoms with Crippen LogP contribution in [-0.4, -0.2) is 98.1 Å². The minimum absolute atomic E-state index is 0.167. The molecule has 12 atom stereocenters. The minimum atomic E-state index is -2.21. The molecule has 1 spiro atoms. The van der Waals surface area contributed by atoms with Crippen LogP contribution in [0.4, 0.5) is 0 Å². The van der Waals surface area contributed by atoms with E-state index < -0.39 is 96.0 Å². The third kappa shape index (κ3) is 4.67. The Kier molecular flexibility index (Phi) is 8.37. The molecule has 1 aliphatic heterocycles. The van der Waals surface area contributed by atoms with Crippen molar-refractivity contribution >= 4 is 17.9 Å². The molecule has 0 amide bonds. The average Bonchev–Trinajstić information content (AvgIpc) is 3.14. The van der Waals surface area contributed by atoms with E-state index in [1.165, 1.54) is 13.0 Å². The van der Waals surface area contributed by atoms with Crippen LogP contribution in [0.5, 0.6) is 0 Å². The van der Waals surface area contributed by atoms with Crippen molar-refractivity contribution in [2.75, 3.05) is 6.61 Å². The Morgan fingerprint density at radius 3 is 2.30 bits per heavy atom. The zero-order valence-electron chi connectivity index (χ0n) is 24.8. The van der Waals surface area contributed by atoms with Gasteiger partial charge in [0.15, 0.2) is 17.8 Å². The monoisotopic (exact) mass is 608 g/mol. The maximum Gasteiger partial charge on any atom is 0.333 e. The standard InChI is InChI=1S/C31H44O12/c1-5-14(2)25(36)43-23-22(34)21(33)18(13-32)42-26(23)41-17-11-29(4)19-7-6-16-10-30(19,24(35)15(16)3)9-8-20(29)31(12-17,27(37)38)28(39)40/h5,16-24,26,32-35H,3,6-13H2,1-2,4H3,(H,37,38)(H,39,40)/b14-5-/t16-,17+,18-,19+,20+,21+,22+,23-,24+,26-,29+,30-/m1/s1. The zero-order valence-corrected chi connectivity index (χ0v) is 24.8. The Labute approximate surface area is 250 Å². The third-order valence-electron chi connectivity index (χ3n) is 11.8. The lowest BCUT2D eigenvalue weighted by Crippen LogP contribution is -2.66. The Hall–Kier alpha value is -2.35. The van der Waals surface area contributed by atoms with Crippen molar-refractivity contribution in [1.82, 2.24) is 0 Å². The molecule has 5 rings (SSSR count). The lowest BCUT2D eigenvalue weighted by Gasteiger charge is -2.64. The summed E-state index contributed by atoms with van der Waals surface area (Å²) in [7, 11) is 0. The van der Waals surface area contributed by atoms with Crippen molar-refractivity contribution in [2.24, 2.45) is 34.0 Å². The van der Waals surface area contributed by atoms with Crippen molar-refractivity contribution in [2.45, 2.75) is 109 Å². The van der Waals surface area contributed by atoms with Crippen molar-refractivity contribution in [3.05, 3.63) is 23.8 Å². The molecular formula is C31H44O12. The number of ether oxygens (including phenoxy) is 3. The fourth-order valence-electron chi connectivity index (χ4n) is 9.59. The van der Waals surface area contributed by atoms with E-state index in [-0.39, 0.29) is 23.8 Å². The van der Waals surface area contributed by atoms with Crippen LogP contribution in [0.3, 0.4) is 0 Å². The molecule has 2 bridgehead atoms. The molecule has 12 heteroatoms. The summed E-state index contributed by atoms with van der Waals surface area (Å²) < 4.78 is 17.5. The van der Waals surface area contributed by atoms with Crippen molar-refractivity contribution in [3.8, 4) is 0 Å². The van der Waals surface area contributed by atoms with Crippen LogP contribution in [0, 0.1) is 34.0 Å². The smallest absolute Gasteiger partial charge is 0.333 e. The van der Waals surface area contributed by atoms with Gasteiger partial charge in [-0.2, -0.15) is 0 Å². The van der Waals surface area contributed by atoms with Gasteiger partial charge in [-0.3, -0.25) is 9.59 Å². The van der Waals surface area contributed by atoms with E-state index in [1.54, 1.807) is 6.92 Å². The number of carbonyl (C=O) groups excluding carboxylic acids is 1. The molecule has 0 radical (unpaired) electrons. The number of fused-ring (bicyclic) bond motifs is 3. The first-order valence-corrected chi connectivity index (χ1v) is 15.1. The van der Waals surface area contributed by atoms with E-state index in [0.29, 0.717) is 19.3 Å². The first-order valence-electron chi connectivity index (χ1n) is 15.1. The van der Waals surface area contributed by atoms with Crippen LogP contribution >= 0.6 is 0 Å². The minimum Gasteiger partial charge on any atom is -0.480 e. The van der Waals surface area contributed by atoms with Gasteiger partial charge in [0.05, 0.1) is 18.8 Å². The third-order valence-corrected chi connectivity index (χ3v) is 11.8. The number of allylic oxidation sites excluding steroid dienone is 1. The van der Waals surface area contributed by atoms with Crippen LogP contribution in [0.25, 0.3) is 0 Å². The topological polar surface area (TPSA) is 200 Å². The molecule has 0 aromatic heterocycles. The van der Waals surface area contributed by atoms with Gasteiger partial charge in [-0.25, -0.2) is 4.79 Å². The molecule has 4 saturated carbocycles. The number of aliphatic carboxylic acids is 2. The van der Waals surface area contributed by atoms with E-state index in [1.807, 2.05) is 6.92 Å². The summed E-state index contributed by atoms with van der Waals surface area (Å²) in [5.41, 5.74) is -2.64. The number of esters is 1. The Morgan fingerprint density at radius 2 is 1.70 bits per heavy atom. The van der Waals surface area contributed by atoms with E-state index in [0.717, 1.165) is 18.4 Å². The van der Waals surface area contributed by atoms with E-state index >= 15 is 0 Å². The Bertz CT molecular complexity index is 1180. The van der Waals surface area contributed by atoms with Crippen molar-refractivity contribution in [1.29, 1.82) is 0 Å². The normalized spacial score (nSPS) is 45.6. The molecule has 6 N–H and O–H groups in total. The zero-order chi connectivity index (χ0) is 31.6. The van der Waals surface area contributed by atoms with Gasteiger partial charge in [0.1, 0.15) is 18.3 Å². The quantitative estimate of drug-likeness (QED) is 0.0799. The predicted octanol–water partition coefficient (Wildman–Crippen LogP) is 1.39. The molecule has 0 aromatic rings. The summed E-state index contributed by atoms with van der Waals surface area (Å²) in [6, 6.07) is 0. The van der Waals surface area contributed by atoms with Gasteiger partial charge in [-0.1, -0.05) is 19.6 Å². The Balaban J connectivity index is 1.53. The highest BCUT2D eigenvalue weighted by Gasteiger charge is 2.72.